The van der Waals surface area contributed by atoms with Crippen molar-refractivity contribution in [2.75, 3.05) is 13.1 Å². The van der Waals surface area contributed by atoms with Crippen molar-refractivity contribution >= 4 is 27.7 Å². The van der Waals surface area contributed by atoms with E-state index in [0.29, 0.717) is 6.04 Å². The largest absolute Gasteiger partial charge is 0.489 e. The Morgan fingerprint density at radius 1 is 1.36 bits per heavy atom. The summed E-state index contributed by atoms with van der Waals surface area (Å²) in [4.78, 5) is 17.8. The van der Waals surface area contributed by atoms with Gasteiger partial charge < -0.3 is 4.74 Å². The number of aromatic nitrogens is 1. The molecule has 0 aliphatic carbocycles. The molecule has 0 saturated carbocycles. The van der Waals surface area contributed by atoms with Crippen molar-refractivity contribution in [3.63, 3.8) is 0 Å². The quantitative estimate of drug-likeness (QED) is 0.809. The number of likely N-dealkylation sites (tertiary alicyclic amines) is 1. The van der Waals surface area contributed by atoms with E-state index in [0.717, 1.165) is 36.2 Å². The Balaban J connectivity index is 1.75. The number of benzene rings is 1. The molecule has 4 nitrogen and oxygen atoms in total. The summed E-state index contributed by atoms with van der Waals surface area (Å²) >= 11 is 5.46. The number of pyridine rings is 1. The number of hydrogen-bond donors (Lipinski definition) is 0. The van der Waals surface area contributed by atoms with Crippen LogP contribution in [0.3, 0.4) is 0 Å². The molecule has 1 atom stereocenters. The van der Waals surface area contributed by atoms with Gasteiger partial charge in [0.2, 0.25) is 0 Å². The maximum absolute atomic E-state index is 11.1. The van der Waals surface area contributed by atoms with E-state index >= 15 is 0 Å². The van der Waals surface area contributed by atoms with E-state index in [1.807, 2.05) is 24.3 Å². The monoisotopic (exact) mass is 318 g/mol. The van der Waals surface area contributed by atoms with E-state index in [1.165, 1.54) is 0 Å². The van der Waals surface area contributed by atoms with Crippen LogP contribution in [0.2, 0.25) is 0 Å². The predicted molar refractivity (Wildman–Crippen MR) is 87.7 cm³/mol. The molecule has 1 aliphatic heterocycles. The highest BCUT2D eigenvalue weighted by Crippen LogP contribution is 2.24. The van der Waals surface area contributed by atoms with Crippen molar-refractivity contribution in [2.45, 2.75) is 32.4 Å². The molecule has 0 amide bonds. The Kier molecular flexibility index (Phi) is 4.32. The van der Waals surface area contributed by atoms with Crippen molar-refractivity contribution in [3.05, 3.63) is 36.0 Å². The van der Waals surface area contributed by atoms with Gasteiger partial charge >= 0.3 is 0 Å². The molecule has 0 N–H and O–H groups in total. The van der Waals surface area contributed by atoms with Crippen molar-refractivity contribution in [3.8, 4) is 5.75 Å². The minimum atomic E-state index is -0.540. The van der Waals surface area contributed by atoms with Crippen LogP contribution >= 0.6 is 11.6 Å². The van der Waals surface area contributed by atoms with Crippen LogP contribution in [0.15, 0.2) is 30.3 Å². The number of nitrogens with zero attached hydrogens (tertiary/aromatic N) is 2. The average Bonchev–Trinajstić information content (AvgIpc) is 2.95. The molecule has 0 bridgehead atoms. The van der Waals surface area contributed by atoms with Gasteiger partial charge in [0.25, 0.3) is 5.24 Å². The minimum Gasteiger partial charge on any atom is -0.489 e. The van der Waals surface area contributed by atoms with Gasteiger partial charge in [-0.15, -0.1) is 0 Å². The summed E-state index contributed by atoms with van der Waals surface area (Å²) in [5.41, 5.74) is 1.01. The molecule has 22 heavy (non-hydrogen) atoms. The van der Waals surface area contributed by atoms with E-state index in [1.54, 1.807) is 6.07 Å². The lowest BCUT2D eigenvalue weighted by Gasteiger charge is -2.20. The standard InChI is InChI=1S/C17H19ClN2O2/c1-11(2)20-8-7-14(10-20)22-13-4-6-15-12(9-13)3-5-16(19-15)17(18)21/h3-6,9,11,14H,7-8,10H2,1-2H3. The summed E-state index contributed by atoms with van der Waals surface area (Å²) in [6.07, 6.45) is 1.28. The lowest BCUT2D eigenvalue weighted by molar-refractivity contribution is 0.107. The molecule has 1 aromatic carbocycles. The topological polar surface area (TPSA) is 42.4 Å². The minimum absolute atomic E-state index is 0.233. The molecule has 0 spiro atoms. The first-order chi connectivity index (χ1) is 10.5. The van der Waals surface area contributed by atoms with Gasteiger partial charge in [0, 0.05) is 24.5 Å². The molecule has 1 unspecified atom stereocenters. The van der Waals surface area contributed by atoms with Gasteiger partial charge in [-0.3, -0.25) is 9.69 Å². The first-order valence-corrected chi connectivity index (χ1v) is 7.92. The van der Waals surface area contributed by atoms with Crippen molar-refractivity contribution < 1.29 is 9.53 Å². The number of halogens is 1. The summed E-state index contributed by atoms with van der Waals surface area (Å²) in [6.45, 7) is 6.46. The number of fused-ring (bicyclic) bond motifs is 1. The van der Waals surface area contributed by atoms with Crippen molar-refractivity contribution in [2.24, 2.45) is 0 Å². The molecule has 1 aliphatic rings. The lowest BCUT2D eigenvalue weighted by atomic mass is 10.2. The molecule has 5 heteroatoms. The van der Waals surface area contributed by atoms with E-state index < -0.39 is 5.24 Å². The highest BCUT2D eigenvalue weighted by molar-refractivity contribution is 6.67. The Bertz CT molecular complexity index is 702. The number of hydrogen-bond acceptors (Lipinski definition) is 4. The van der Waals surface area contributed by atoms with Crippen LogP contribution in [-0.4, -0.2) is 40.4 Å². The van der Waals surface area contributed by atoms with Crippen LogP contribution < -0.4 is 4.74 Å². The molecule has 2 heterocycles. The second-order valence-corrected chi connectivity index (χ2v) is 6.29. The maximum Gasteiger partial charge on any atom is 0.270 e. The Morgan fingerprint density at radius 2 is 2.18 bits per heavy atom. The first kappa shape index (κ1) is 15.3. The molecule has 0 radical (unpaired) electrons. The maximum atomic E-state index is 11.1. The second kappa shape index (κ2) is 6.23. The first-order valence-electron chi connectivity index (χ1n) is 7.54. The summed E-state index contributed by atoms with van der Waals surface area (Å²) in [5, 5.41) is 0.403. The van der Waals surface area contributed by atoms with Crippen molar-refractivity contribution in [1.29, 1.82) is 0 Å². The van der Waals surface area contributed by atoms with E-state index in [-0.39, 0.29) is 11.8 Å². The molecular weight excluding hydrogens is 300 g/mol. The van der Waals surface area contributed by atoms with E-state index in [4.69, 9.17) is 16.3 Å². The molecular formula is C17H19ClN2O2. The SMILES string of the molecule is CC(C)N1CCC(Oc2ccc3nc(C(=O)Cl)ccc3c2)C1. The highest BCUT2D eigenvalue weighted by atomic mass is 35.5. The van der Waals surface area contributed by atoms with E-state index in [2.05, 4.69) is 23.7 Å². The number of ether oxygens (including phenoxy) is 1. The fourth-order valence-electron chi connectivity index (χ4n) is 2.80. The fraction of sp³-hybridized carbons (Fsp3) is 0.412. The Hall–Kier alpha value is -1.65. The van der Waals surface area contributed by atoms with Gasteiger partial charge in [-0.25, -0.2) is 4.98 Å². The molecule has 1 aromatic heterocycles. The van der Waals surface area contributed by atoms with Gasteiger partial charge in [0.1, 0.15) is 17.5 Å². The Morgan fingerprint density at radius 3 is 2.86 bits per heavy atom. The normalized spacial score (nSPS) is 19.0. The zero-order valence-electron chi connectivity index (χ0n) is 12.8. The number of carbonyl (C=O) groups is 1. The zero-order chi connectivity index (χ0) is 15.7. The highest BCUT2D eigenvalue weighted by Gasteiger charge is 2.25. The number of carbonyl (C=O) groups excluding carboxylic acids is 1. The predicted octanol–water partition coefficient (Wildman–Crippen LogP) is 3.48. The third kappa shape index (κ3) is 3.23. The third-order valence-corrected chi connectivity index (χ3v) is 4.27. The molecule has 1 fully saturated rings. The van der Waals surface area contributed by atoms with Gasteiger partial charge in [-0.2, -0.15) is 0 Å². The van der Waals surface area contributed by atoms with Gasteiger partial charge in [-0.1, -0.05) is 6.07 Å². The molecule has 116 valence electrons. The molecule has 2 aromatic rings. The average molecular weight is 319 g/mol. The fourth-order valence-corrected chi connectivity index (χ4v) is 2.90. The van der Waals surface area contributed by atoms with Gasteiger partial charge in [0.05, 0.1) is 5.52 Å². The Labute approximate surface area is 135 Å². The van der Waals surface area contributed by atoms with Crippen LogP contribution in [-0.2, 0) is 0 Å². The smallest absolute Gasteiger partial charge is 0.270 e. The van der Waals surface area contributed by atoms with Gasteiger partial charge in [-0.05, 0) is 56.1 Å². The summed E-state index contributed by atoms with van der Waals surface area (Å²) in [5.74, 6) is 0.842. The van der Waals surface area contributed by atoms with Crippen LogP contribution in [0.4, 0.5) is 0 Å². The zero-order valence-corrected chi connectivity index (χ0v) is 13.5. The third-order valence-electron chi connectivity index (χ3n) is 4.07. The van der Waals surface area contributed by atoms with Gasteiger partial charge in [0.15, 0.2) is 0 Å². The summed E-state index contributed by atoms with van der Waals surface area (Å²) in [6, 6.07) is 9.76. The number of rotatable bonds is 4. The van der Waals surface area contributed by atoms with Crippen LogP contribution in [0.5, 0.6) is 5.75 Å². The second-order valence-electron chi connectivity index (χ2n) is 5.94. The molecule has 3 rings (SSSR count). The van der Waals surface area contributed by atoms with Crippen LogP contribution in [0.25, 0.3) is 10.9 Å². The van der Waals surface area contributed by atoms with Crippen molar-refractivity contribution in [1.82, 2.24) is 9.88 Å². The summed E-state index contributed by atoms with van der Waals surface area (Å²) < 4.78 is 6.08. The summed E-state index contributed by atoms with van der Waals surface area (Å²) in [7, 11) is 0. The van der Waals surface area contributed by atoms with Crippen LogP contribution in [0.1, 0.15) is 30.8 Å². The van der Waals surface area contributed by atoms with E-state index in [9.17, 15) is 4.79 Å². The van der Waals surface area contributed by atoms with Crippen LogP contribution in [0, 0.1) is 0 Å². The lowest BCUT2D eigenvalue weighted by Crippen LogP contribution is -2.30. The molecule has 1 saturated heterocycles.